The first-order valence-electron chi connectivity index (χ1n) is 7.90. The number of carbonyl (C=O) groups is 1. The minimum atomic E-state index is 0.0670. The van der Waals surface area contributed by atoms with Gasteiger partial charge in [0, 0.05) is 18.0 Å². The highest BCUT2D eigenvalue weighted by Gasteiger charge is 2.32. The number of rotatable bonds is 8. The lowest BCUT2D eigenvalue weighted by molar-refractivity contribution is -0.129. The van der Waals surface area contributed by atoms with E-state index in [4.69, 9.17) is 0 Å². The Balaban J connectivity index is 5.19. The van der Waals surface area contributed by atoms with E-state index in [1.807, 2.05) is 13.8 Å². The molecular weight excluding hydrogens is 234 g/mol. The van der Waals surface area contributed by atoms with Gasteiger partial charge in [-0.3, -0.25) is 9.69 Å². The molecule has 0 rings (SSSR count). The first-order chi connectivity index (χ1) is 8.59. The molecule has 0 bridgehead atoms. The summed E-state index contributed by atoms with van der Waals surface area (Å²) < 4.78 is 0. The van der Waals surface area contributed by atoms with Crippen LogP contribution in [0.1, 0.15) is 68.7 Å². The van der Waals surface area contributed by atoms with Crippen LogP contribution < -0.4 is 0 Å². The van der Waals surface area contributed by atoms with E-state index in [0.29, 0.717) is 29.7 Å². The van der Waals surface area contributed by atoms with Gasteiger partial charge in [0.1, 0.15) is 0 Å². The summed E-state index contributed by atoms with van der Waals surface area (Å²) in [6.45, 7) is 19.6. The van der Waals surface area contributed by atoms with Gasteiger partial charge in [0.05, 0.1) is 6.04 Å². The van der Waals surface area contributed by atoms with E-state index in [2.05, 4.69) is 53.4 Å². The van der Waals surface area contributed by atoms with Crippen LogP contribution in [-0.4, -0.2) is 28.8 Å². The van der Waals surface area contributed by atoms with Gasteiger partial charge in [0.2, 0.25) is 0 Å². The van der Waals surface area contributed by atoms with Gasteiger partial charge in [-0.15, -0.1) is 0 Å². The third kappa shape index (κ3) is 5.64. The molecular formula is C17H35NO. The standard InChI is InChI=1S/C17H35NO/c1-11(2)15(9)10-16(17(19)12(3)4)18(13(5)6)14(7)8/h11-16H,10H2,1-9H3. The van der Waals surface area contributed by atoms with Gasteiger partial charge in [-0.1, -0.05) is 34.6 Å². The Morgan fingerprint density at radius 3 is 1.53 bits per heavy atom. The van der Waals surface area contributed by atoms with E-state index >= 15 is 0 Å². The van der Waals surface area contributed by atoms with E-state index in [0.717, 1.165) is 6.42 Å². The minimum absolute atomic E-state index is 0.0670. The molecule has 0 aromatic rings. The van der Waals surface area contributed by atoms with Crippen molar-refractivity contribution in [2.75, 3.05) is 0 Å². The second-order valence-corrected chi connectivity index (χ2v) is 7.16. The van der Waals surface area contributed by atoms with Crippen LogP contribution in [0.2, 0.25) is 0 Å². The first-order valence-corrected chi connectivity index (χ1v) is 7.90. The van der Waals surface area contributed by atoms with Crippen molar-refractivity contribution in [1.82, 2.24) is 4.90 Å². The number of hydrogen-bond acceptors (Lipinski definition) is 2. The van der Waals surface area contributed by atoms with Crippen molar-refractivity contribution < 1.29 is 4.79 Å². The largest absolute Gasteiger partial charge is 0.298 e. The van der Waals surface area contributed by atoms with Crippen molar-refractivity contribution in [2.24, 2.45) is 17.8 Å². The Morgan fingerprint density at radius 2 is 1.26 bits per heavy atom. The molecule has 0 spiro atoms. The molecule has 0 radical (unpaired) electrons. The fraction of sp³-hybridized carbons (Fsp3) is 0.941. The molecule has 0 aliphatic carbocycles. The summed E-state index contributed by atoms with van der Waals surface area (Å²) in [5.74, 6) is 1.72. The summed E-state index contributed by atoms with van der Waals surface area (Å²) in [4.78, 5) is 15.0. The second-order valence-electron chi connectivity index (χ2n) is 7.16. The lowest BCUT2D eigenvalue weighted by atomic mass is 9.85. The van der Waals surface area contributed by atoms with Crippen molar-refractivity contribution in [3.63, 3.8) is 0 Å². The average Bonchev–Trinajstić information content (AvgIpc) is 2.25. The van der Waals surface area contributed by atoms with Crippen LogP contribution in [0.5, 0.6) is 0 Å². The summed E-state index contributed by atoms with van der Waals surface area (Å²) in [5, 5.41) is 0. The Morgan fingerprint density at radius 1 is 0.842 bits per heavy atom. The topological polar surface area (TPSA) is 20.3 Å². The number of hydrogen-bond donors (Lipinski definition) is 0. The lowest BCUT2D eigenvalue weighted by Gasteiger charge is -2.39. The predicted molar refractivity (Wildman–Crippen MR) is 84.4 cm³/mol. The van der Waals surface area contributed by atoms with Crippen molar-refractivity contribution in [3.8, 4) is 0 Å². The van der Waals surface area contributed by atoms with Crippen LogP contribution in [0.15, 0.2) is 0 Å². The molecule has 19 heavy (non-hydrogen) atoms. The highest BCUT2D eigenvalue weighted by Crippen LogP contribution is 2.24. The van der Waals surface area contributed by atoms with E-state index in [9.17, 15) is 4.79 Å². The van der Waals surface area contributed by atoms with Gasteiger partial charge in [-0.2, -0.15) is 0 Å². The van der Waals surface area contributed by atoms with Crippen LogP contribution in [0.4, 0.5) is 0 Å². The summed E-state index contributed by atoms with van der Waals surface area (Å²) in [6, 6.07) is 0.886. The molecule has 0 saturated carbocycles. The maximum Gasteiger partial charge on any atom is 0.152 e. The normalized spacial score (nSPS) is 15.9. The van der Waals surface area contributed by atoms with Gasteiger partial charge >= 0.3 is 0 Å². The fourth-order valence-electron chi connectivity index (χ4n) is 2.71. The monoisotopic (exact) mass is 269 g/mol. The molecule has 0 aromatic heterocycles. The van der Waals surface area contributed by atoms with Gasteiger partial charge in [0.15, 0.2) is 5.78 Å². The van der Waals surface area contributed by atoms with Crippen molar-refractivity contribution in [3.05, 3.63) is 0 Å². The minimum Gasteiger partial charge on any atom is -0.298 e. The maximum absolute atomic E-state index is 12.6. The molecule has 2 heteroatoms. The Kier molecular flexibility index (Phi) is 7.88. The van der Waals surface area contributed by atoms with E-state index in [-0.39, 0.29) is 12.0 Å². The number of Topliss-reactive ketones (excluding diaryl/α,β-unsaturated/α-hetero) is 1. The third-order valence-corrected chi connectivity index (χ3v) is 4.18. The van der Waals surface area contributed by atoms with E-state index in [1.54, 1.807) is 0 Å². The molecule has 0 fully saturated rings. The van der Waals surface area contributed by atoms with Crippen LogP contribution >= 0.6 is 0 Å². The van der Waals surface area contributed by atoms with Gasteiger partial charge < -0.3 is 0 Å². The molecule has 0 N–H and O–H groups in total. The zero-order valence-electron chi connectivity index (χ0n) is 14.5. The Hall–Kier alpha value is -0.370. The molecule has 0 aliphatic rings. The smallest absolute Gasteiger partial charge is 0.152 e. The lowest BCUT2D eigenvalue weighted by Crippen LogP contribution is -2.51. The quantitative estimate of drug-likeness (QED) is 0.651. The second kappa shape index (κ2) is 8.04. The molecule has 2 nitrogen and oxygen atoms in total. The Bertz CT molecular complexity index is 260. The summed E-state index contributed by atoms with van der Waals surface area (Å²) in [7, 11) is 0. The third-order valence-electron chi connectivity index (χ3n) is 4.18. The van der Waals surface area contributed by atoms with Gasteiger partial charge in [-0.05, 0) is 46.0 Å². The molecule has 0 heterocycles. The molecule has 2 atom stereocenters. The fourth-order valence-corrected chi connectivity index (χ4v) is 2.71. The summed E-state index contributed by atoms with van der Waals surface area (Å²) in [5.41, 5.74) is 0. The molecule has 0 amide bonds. The van der Waals surface area contributed by atoms with E-state index in [1.165, 1.54) is 0 Å². The molecule has 114 valence electrons. The van der Waals surface area contributed by atoms with Crippen molar-refractivity contribution in [2.45, 2.75) is 86.9 Å². The Labute approximate surface area is 120 Å². The maximum atomic E-state index is 12.6. The van der Waals surface area contributed by atoms with Crippen molar-refractivity contribution >= 4 is 5.78 Å². The highest BCUT2D eigenvalue weighted by atomic mass is 16.1. The molecule has 0 aliphatic heterocycles. The predicted octanol–water partition coefficient (Wildman–Crippen LogP) is 4.38. The zero-order chi connectivity index (χ0) is 15.3. The van der Waals surface area contributed by atoms with Crippen LogP contribution in [0.3, 0.4) is 0 Å². The van der Waals surface area contributed by atoms with Crippen LogP contribution in [-0.2, 0) is 4.79 Å². The summed E-state index contributed by atoms with van der Waals surface area (Å²) in [6.07, 6.45) is 0.977. The average molecular weight is 269 g/mol. The SMILES string of the molecule is CC(C)C(=O)C(CC(C)C(C)C)N(C(C)C)C(C)C. The van der Waals surface area contributed by atoms with Crippen molar-refractivity contribution in [1.29, 1.82) is 0 Å². The first kappa shape index (κ1) is 18.6. The van der Waals surface area contributed by atoms with Gasteiger partial charge in [0.25, 0.3) is 0 Å². The highest BCUT2D eigenvalue weighted by molar-refractivity contribution is 5.85. The van der Waals surface area contributed by atoms with E-state index < -0.39 is 0 Å². The van der Waals surface area contributed by atoms with Crippen LogP contribution in [0.25, 0.3) is 0 Å². The van der Waals surface area contributed by atoms with Crippen LogP contribution in [0, 0.1) is 17.8 Å². The van der Waals surface area contributed by atoms with Gasteiger partial charge in [-0.25, -0.2) is 0 Å². The summed E-state index contributed by atoms with van der Waals surface area (Å²) >= 11 is 0. The molecule has 0 saturated heterocycles. The number of ketones is 1. The zero-order valence-corrected chi connectivity index (χ0v) is 14.5. The molecule has 2 unspecified atom stereocenters. The molecule has 0 aromatic carbocycles. The number of nitrogens with zero attached hydrogens (tertiary/aromatic N) is 1. The number of carbonyl (C=O) groups excluding carboxylic acids is 1.